The molecule has 0 unspecified atom stereocenters. The van der Waals surface area contributed by atoms with E-state index in [1.54, 1.807) is 7.11 Å². The van der Waals surface area contributed by atoms with Gasteiger partial charge in [-0.15, -0.1) is 11.3 Å². The molecule has 0 amide bonds. The molecule has 4 nitrogen and oxygen atoms in total. The van der Waals surface area contributed by atoms with Crippen LogP contribution in [0.1, 0.15) is 28.5 Å². The number of ether oxygens (including phenoxy) is 2. The first-order chi connectivity index (χ1) is 6.51. The summed E-state index contributed by atoms with van der Waals surface area (Å²) in [5.74, 6) is -0.361. The summed E-state index contributed by atoms with van der Waals surface area (Å²) in [4.78, 5) is 15.8. The van der Waals surface area contributed by atoms with Crippen LogP contribution >= 0.6 is 11.3 Å². The fourth-order valence-corrected chi connectivity index (χ4v) is 1.75. The third kappa shape index (κ3) is 2.10. The second kappa shape index (κ2) is 4.06. The Morgan fingerprint density at radius 1 is 1.50 bits per heavy atom. The minimum absolute atomic E-state index is 0.361. The molecule has 1 heterocycles. The number of aromatic nitrogens is 1. The van der Waals surface area contributed by atoms with Gasteiger partial charge in [-0.25, -0.2) is 9.78 Å². The molecule has 0 N–H and O–H groups in total. The van der Waals surface area contributed by atoms with Crippen LogP contribution in [-0.4, -0.2) is 25.2 Å². The zero-order chi connectivity index (χ0) is 10.8. The standard InChI is InChI=1S/C9H13NO3S/c1-9(2,13-4)8-10-5-6(14-8)7(11)12-3/h5H,1-4H3. The Kier molecular flexibility index (Phi) is 3.23. The lowest BCUT2D eigenvalue weighted by molar-refractivity contribution is 0.0190. The molecule has 0 fully saturated rings. The van der Waals surface area contributed by atoms with Crippen LogP contribution in [0.4, 0.5) is 0 Å². The molecule has 0 aliphatic rings. The molecule has 0 saturated carbocycles. The summed E-state index contributed by atoms with van der Waals surface area (Å²) in [7, 11) is 2.96. The molecule has 1 aromatic heterocycles. The van der Waals surface area contributed by atoms with E-state index in [9.17, 15) is 4.79 Å². The van der Waals surface area contributed by atoms with Crippen LogP contribution in [0.3, 0.4) is 0 Å². The van der Waals surface area contributed by atoms with Crippen molar-refractivity contribution >= 4 is 17.3 Å². The van der Waals surface area contributed by atoms with Crippen molar-refractivity contribution in [1.82, 2.24) is 4.98 Å². The van der Waals surface area contributed by atoms with E-state index in [1.807, 2.05) is 13.8 Å². The van der Waals surface area contributed by atoms with Crippen LogP contribution in [-0.2, 0) is 15.1 Å². The lowest BCUT2D eigenvalue weighted by Crippen LogP contribution is -2.18. The fraction of sp³-hybridized carbons (Fsp3) is 0.556. The van der Waals surface area contributed by atoms with Crippen LogP contribution in [0.2, 0.25) is 0 Å². The Balaban J connectivity index is 2.93. The van der Waals surface area contributed by atoms with Crippen LogP contribution in [0.15, 0.2) is 6.20 Å². The van der Waals surface area contributed by atoms with Gasteiger partial charge >= 0.3 is 5.97 Å². The molecule has 14 heavy (non-hydrogen) atoms. The quantitative estimate of drug-likeness (QED) is 0.721. The Morgan fingerprint density at radius 3 is 2.64 bits per heavy atom. The van der Waals surface area contributed by atoms with E-state index in [2.05, 4.69) is 9.72 Å². The highest BCUT2D eigenvalue weighted by Gasteiger charge is 2.24. The fourth-order valence-electron chi connectivity index (χ4n) is 0.835. The molecule has 0 saturated heterocycles. The van der Waals surface area contributed by atoms with Gasteiger partial charge in [-0.05, 0) is 13.8 Å². The van der Waals surface area contributed by atoms with Gasteiger partial charge in [0, 0.05) is 7.11 Å². The van der Waals surface area contributed by atoms with E-state index in [4.69, 9.17) is 4.74 Å². The Hall–Kier alpha value is -0.940. The predicted octanol–water partition coefficient (Wildman–Crippen LogP) is 1.81. The molecule has 0 bridgehead atoms. The first-order valence-electron chi connectivity index (χ1n) is 4.11. The largest absolute Gasteiger partial charge is 0.465 e. The molecule has 0 aromatic carbocycles. The number of methoxy groups -OCH3 is 2. The molecular formula is C9H13NO3S. The van der Waals surface area contributed by atoms with E-state index in [0.29, 0.717) is 4.88 Å². The Labute approximate surface area is 86.9 Å². The summed E-state index contributed by atoms with van der Waals surface area (Å²) in [6, 6.07) is 0. The summed E-state index contributed by atoms with van der Waals surface area (Å²) in [5, 5.41) is 0.764. The summed E-state index contributed by atoms with van der Waals surface area (Å²) >= 11 is 1.29. The second-order valence-electron chi connectivity index (χ2n) is 3.24. The number of carbonyl (C=O) groups excluding carboxylic acids is 1. The van der Waals surface area contributed by atoms with Crippen molar-refractivity contribution in [3.8, 4) is 0 Å². The Morgan fingerprint density at radius 2 is 2.14 bits per heavy atom. The van der Waals surface area contributed by atoms with Crippen LogP contribution < -0.4 is 0 Å². The summed E-state index contributed by atoms with van der Waals surface area (Å²) in [6.07, 6.45) is 1.51. The van der Waals surface area contributed by atoms with E-state index in [0.717, 1.165) is 5.01 Å². The van der Waals surface area contributed by atoms with E-state index < -0.39 is 5.60 Å². The smallest absolute Gasteiger partial charge is 0.349 e. The van der Waals surface area contributed by atoms with Gasteiger partial charge in [0.2, 0.25) is 0 Å². The van der Waals surface area contributed by atoms with E-state index >= 15 is 0 Å². The number of rotatable bonds is 3. The van der Waals surface area contributed by atoms with Gasteiger partial charge in [0.15, 0.2) is 0 Å². The van der Waals surface area contributed by atoms with Gasteiger partial charge in [-0.3, -0.25) is 0 Å². The van der Waals surface area contributed by atoms with Crippen LogP contribution in [0.25, 0.3) is 0 Å². The maximum atomic E-state index is 11.1. The topological polar surface area (TPSA) is 48.4 Å². The summed E-state index contributed by atoms with van der Waals surface area (Å²) in [6.45, 7) is 3.79. The minimum atomic E-state index is -0.461. The molecule has 0 aliphatic carbocycles. The van der Waals surface area contributed by atoms with Crippen molar-refractivity contribution in [2.24, 2.45) is 0 Å². The SMILES string of the molecule is COC(=O)c1cnc(C(C)(C)OC)s1. The first kappa shape index (κ1) is 11.1. The monoisotopic (exact) mass is 215 g/mol. The number of carbonyl (C=O) groups is 1. The molecule has 0 radical (unpaired) electrons. The summed E-state index contributed by atoms with van der Waals surface area (Å²) < 4.78 is 9.83. The van der Waals surface area contributed by atoms with Gasteiger partial charge < -0.3 is 9.47 Å². The van der Waals surface area contributed by atoms with Crippen LogP contribution in [0, 0.1) is 0 Å². The highest BCUT2D eigenvalue weighted by atomic mass is 32.1. The second-order valence-corrected chi connectivity index (χ2v) is 4.27. The predicted molar refractivity (Wildman–Crippen MR) is 53.5 cm³/mol. The molecular weight excluding hydrogens is 202 g/mol. The maximum absolute atomic E-state index is 11.1. The van der Waals surface area contributed by atoms with Crippen molar-refractivity contribution in [3.63, 3.8) is 0 Å². The van der Waals surface area contributed by atoms with Gasteiger partial charge in [0.05, 0.1) is 13.3 Å². The number of esters is 1. The summed E-state index contributed by atoms with van der Waals surface area (Å²) in [5.41, 5.74) is -0.461. The van der Waals surface area contributed by atoms with Crippen molar-refractivity contribution in [2.75, 3.05) is 14.2 Å². The van der Waals surface area contributed by atoms with E-state index in [-0.39, 0.29) is 5.97 Å². The third-order valence-corrected chi connectivity index (χ3v) is 3.20. The van der Waals surface area contributed by atoms with Gasteiger partial charge in [-0.2, -0.15) is 0 Å². The molecule has 0 atom stereocenters. The van der Waals surface area contributed by atoms with Crippen LogP contribution in [0.5, 0.6) is 0 Å². The van der Waals surface area contributed by atoms with E-state index in [1.165, 1.54) is 24.6 Å². The number of hydrogen-bond donors (Lipinski definition) is 0. The molecule has 1 rings (SSSR count). The molecule has 0 aliphatic heterocycles. The zero-order valence-corrected chi connectivity index (χ0v) is 9.47. The van der Waals surface area contributed by atoms with Crippen molar-refractivity contribution in [2.45, 2.75) is 19.4 Å². The number of thiazole rings is 1. The number of nitrogens with zero attached hydrogens (tertiary/aromatic N) is 1. The lowest BCUT2D eigenvalue weighted by Gasteiger charge is -2.19. The first-order valence-corrected chi connectivity index (χ1v) is 4.92. The third-order valence-electron chi connectivity index (χ3n) is 1.92. The highest BCUT2D eigenvalue weighted by molar-refractivity contribution is 7.13. The van der Waals surface area contributed by atoms with Gasteiger partial charge in [-0.1, -0.05) is 0 Å². The van der Waals surface area contributed by atoms with Gasteiger partial charge in [0.1, 0.15) is 15.5 Å². The lowest BCUT2D eigenvalue weighted by atomic mass is 10.1. The average Bonchev–Trinajstić information content (AvgIpc) is 2.66. The highest BCUT2D eigenvalue weighted by Crippen LogP contribution is 2.28. The molecule has 1 aromatic rings. The van der Waals surface area contributed by atoms with Crippen molar-refractivity contribution in [3.05, 3.63) is 16.1 Å². The molecule has 0 spiro atoms. The molecule has 78 valence electrons. The Bertz CT molecular complexity index is 333. The normalized spacial score (nSPS) is 11.4. The zero-order valence-electron chi connectivity index (χ0n) is 8.66. The average molecular weight is 215 g/mol. The maximum Gasteiger partial charge on any atom is 0.349 e. The van der Waals surface area contributed by atoms with Crippen molar-refractivity contribution in [1.29, 1.82) is 0 Å². The minimum Gasteiger partial charge on any atom is -0.465 e. The number of hydrogen-bond acceptors (Lipinski definition) is 5. The van der Waals surface area contributed by atoms with Gasteiger partial charge in [0.25, 0.3) is 0 Å². The van der Waals surface area contributed by atoms with Crippen molar-refractivity contribution < 1.29 is 14.3 Å². The molecule has 5 heteroatoms.